The smallest absolute Gasteiger partial charge is 0.118 e. The highest BCUT2D eigenvalue weighted by Gasteiger charge is 2.23. The van der Waals surface area contributed by atoms with Crippen molar-refractivity contribution in [2.75, 3.05) is 26.7 Å². The first-order valence-electron chi connectivity index (χ1n) is 8.48. The summed E-state index contributed by atoms with van der Waals surface area (Å²) in [6, 6.07) is 5.70. The lowest BCUT2D eigenvalue weighted by atomic mass is 10.0. The van der Waals surface area contributed by atoms with Gasteiger partial charge in [-0.15, -0.1) is 0 Å². The van der Waals surface area contributed by atoms with Crippen LogP contribution in [0.15, 0.2) is 16.5 Å². The van der Waals surface area contributed by atoms with Crippen molar-refractivity contribution in [3.05, 3.63) is 23.7 Å². The summed E-state index contributed by atoms with van der Waals surface area (Å²) < 4.78 is 5.95. The van der Waals surface area contributed by atoms with Gasteiger partial charge in [-0.2, -0.15) is 0 Å². The first-order valence-corrected chi connectivity index (χ1v) is 8.48. The van der Waals surface area contributed by atoms with Gasteiger partial charge in [0.05, 0.1) is 13.1 Å². The highest BCUT2D eigenvalue weighted by molar-refractivity contribution is 5.07. The summed E-state index contributed by atoms with van der Waals surface area (Å²) in [5.74, 6) is 2.18. The van der Waals surface area contributed by atoms with E-state index in [0.717, 1.165) is 30.7 Å². The van der Waals surface area contributed by atoms with Crippen LogP contribution in [0.5, 0.6) is 0 Å². The summed E-state index contributed by atoms with van der Waals surface area (Å²) in [6.45, 7) is 7.72. The summed E-state index contributed by atoms with van der Waals surface area (Å²) in [6.07, 6.45) is 5.21. The molecule has 0 radical (unpaired) electrons. The van der Waals surface area contributed by atoms with Gasteiger partial charge in [-0.1, -0.05) is 6.92 Å². The lowest BCUT2D eigenvalue weighted by Crippen LogP contribution is -2.42. The SMILES string of the molecule is CCN1CCC(N(C)Cc2ccc(CNC3CC3)o2)CC1. The van der Waals surface area contributed by atoms with Crippen LogP contribution in [0.1, 0.15) is 44.1 Å². The van der Waals surface area contributed by atoms with Gasteiger partial charge in [-0.05, 0) is 64.5 Å². The Morgan fingerprint density at radius 1 is 1.19 bits per heavy atom. The average Bonchev–Trinajstić information content (AvgIpc) is 3.25. The zero-order valence-electron chi connectivity index (χ0n) is 13.5. The molecule has 0 spiro atoms. The van der Waals surface area contributed by atoms with Gasteiger partial charge >= 0.3 is 0 Å². The first kappa shape index (κ1) is 15.1. The first-order chi connectivity index (χ1) is 10.2. The highest BCUT2D eigenvalue weighted by Crippen LogP contribution is 2.21. The molecule has 118 valence electrons. The van der Waals surface area contributed by atoms with Crippen molar-refractivity contribution in [1.29, 1.82) is 0 Å². The largest absolute Gasteiger partial charge is 0.463 e. The summed E-state index contributed by atoms with van der Waals surface area (Å²) in [4.78, 5) is 5.00. The number of piperidine rings is 1. The molecule has 2 heterocycles. The van der Waals surface area contributed by atoms with Crippen LogP contribution in [0.3, 0.4) is 0 Å². The minimum Gasteiger partial charge on any atom is -0.463 e. The fourth-order valence-electron chi connectivity index (χ4n) is 3.19. The van der Waals surface area contributed by atoms with E-state index in [-0.39, 0.29) is 0 Å². The van der Waals surface area contributed by atoms with Gasteiger partial charge in [-0.3, -0.25) is 4.90 Å². The molecular formula is C17H29N3O. The molecule has 1 aromatic rings. The van der Waals surface area contributed by atoms with Crippen molar-refractivity contribution in [3.63, 3.8) is 0 Å². The molecule has 1 N–H and O–H groups in total. The fraction of sp³-hybridized carbons (Fsp3) is 0.765. The van der Waals surface area contributed by atoms with Crippen LogP contribution in [0.2, 0.25) is 0 Å². The molecular weight excluding hydrogens is 262 g/mol. The predicted molar refractivity (Wildman–Crippen MR) is 85.2 cm³/mol. The topological polar surface area (TPSA) is 31.6 Å². The highest BCUT2D eigenvalue weighted by atomic mass is 16.3. The second kappa shape index (κ2) is 6.95. The van der Waals surface area contributed by atoms with E-state index in [2.05, 4.69) is 41.2 Å². The van der Waals surface area contributed by atoms with Crippen LogP contribution < -0.4 is 5.32 Å². The van der Waals surface area contributed by atoms with Crippen LogP contribution in [0.4, 0.5) is 0 Å². The van der Waals surface area contributed by atoms with E-state index < -0.39 is 0 Å². The molecule has 2 aliphatic rings. The molecule has 0 atom stereocenters. The standard InChI is InChI=1S/C17H29N3O/c1-3-20-10-8-15(9-11-20)19(2)13-17-7-6-16(21-17)12-18-14-4-5-14/h6-7,14-15,18H,3-5,8-13H2,1-2H3. The molecule has 0 aromatic carbocycles. The van der Waals surface area contributed by atoms with E-state index in [1.165, 1.54) is 45.3 Å². The minimum absolute atomic E-state index is 0.700. The summed E-state index contributed by atoms with van der Waals surface area (Å²) in [7, 11) is 2.23. The molecule has 0 amide bonds. The van der Waals surface area contributed by atoms with E-state index in [1.807, 2.05) is 0 Å². The number of nitrogens with one attached hydrogen (secondary N) is 1. The molecule has 1 aromatic heterocycles. The van der Waals surface area contributed by atoms with Crippen LogP contribution in [-0.2, 0) is 13.1 Å². The zero-order chi connectivity index (χ0) is 14.7. The average molecular weight is 291 g/mol. The maximum Gasteiger partial charge on any atom is 0.118 e. The van der Waals surface area contributed by atoms with Crippen LogP contribution >= 0.6 is 0 Å². The Morgan fingerprint density at radius 3 is 2.57 bits per heavy atom. The number of hydrogen-bond acceptors (Lipinski definition) is 4. The minimum atomic E-state index is 0.700. The molecule has 3 rings (SSSR count). The van der Waals surface area contributed by atoms with Crippen molar-refractivity contribution < 1.29 is 4.42 Å². The Morgan fingerprint density at radius 2 is 1.90 bits per heavy atom. The van der Waals surface area contributed by atoms with Crippen molar-refractivity contribution in [1.82, 2.24) is 15.1 Å². The van der Waals surface area contributed by atoms with Crippen molar-refractivity contribution in [3.8, 4) is 0 Å². The number of likely N-dealkylation sites (tertiary alicyclic amines) is 1. The Kier molecular flexibility index (Phi) is 4.99. The number of hydrogen-bond donors (Lipinski definition) is 1. The molecule has 1 aliphatic carbocycles. The Hall–Kier alpha value is -0.840. The third kappa shape index (κ3) is 4.31. The van der Waals surface area contributed by atoms with Crippen molar-refractivity contribution >= 4 is 0 Å². The maximum atomic E-state index is 5.95. The molecule has 1 saturated heterocycles. The Labute approximate surface area is 128 Å². The summed E-state index contributed by atoms with van der Waals surface area (Å²) in [5, 5.41) is 3.50. The molecule has 1 saturated carbocycles. The van der Waals surface area contributed by atoms with Gasteiger partial charge in [0.2, 0.25) is 0 Å². The van der Waals surface area contributed by atoms with Gasteiger partial charge < -0.3 is 14.6 Å². The molecule has 4 heteroatoms. The normalized spacial score (nSPS) is 21.3. The molecule has 21 heavy (non-hydrogen) atoms. The summed E-state index contributed by atoms with van der Waals surface area (Å²) >= 11 is 0. The van der Waals surface area contributed by atoms with Gasteiger partial charge in [0, 0.05) is 12.1 Å². The third-order valence-electron chi connectivity index (χ3n) is 4.89. The monoisotopic (exact) mass is 291 g/mol. The van der Waals surface area contributed by atoms with E-state index in [0.29, 0.717) is 6.04 Å². The second-order valence-electron chi connectivity index (χ2n) is 6.60. The Balaban J connectivity index is 1.44. The van der Waals surface area contributed by atoms with E-state index in [9.17, 15) is 0 Å². The Bertz CT molecular complexity index is 433. The molecule has 1 aliphatic heterocycles. The summed E-state index contributed by atoms with van der Waals surface area (Å²) in [5.41, 5.74) is 0. The van der Waals surface area contributed by atoms with Crippen LogP contribution in [0, 0.1) is 0 Å². The fourth-order valence-corrected chi connectivity index (χ4v) is 3.19. The molecule has 2 fully saturated rings. The predicted octanol–water partition coefficient (Wildman–Crippen LogP) is 2.45. The third-order valence-corrected chi connectivity index (χ3v) is 4.89. The lowest BCUT2D eigenvalue weighted by molar-refractivity contribution is 0.121. The van der Waals surface area contributed by atoms with E-state index >= 15 is 0 Å². The van der Waals surface area contributed by atoms with Crippen LogP contribution in [-0.4, -0.2) is 48.6 Å². The lowest BCUT2D eigenvalue weighted by Gasteiger charge is -2.35. The van der Waals surface area contributed by atoms with E-state index in [1.54, 1.807) is 0 Å². The number of nitrogens with zero attached hydrogens (tertiary/aromatic N) is 2. The van der Waals surface area contributed by atoms with Crippen LogP contribution in [0.25, 0.3) is 0 Å². The molecule has 0 unspecified atom stereocenters. The quantitative estimate of drug-likeness (QED) is 0.836. The van der Waals surface area contributed by atoms with Crippen molar-refractivity contribution in [2.24, 2.45) is 0 Å². The second-order valence-corrected chi connectivity index (χ2v) is 6.60. The van der Waals surface area contributed by atoms with Crippen molar-refractivity contribution in [2.45, 2.75) is 57.8 Å². The molecule has 0 bridgehead atoms. The number of furan rings is 1. The maximum absolute atomic E-state index is 5.95. The number of rotatable bonds is 7. The van der Waals surface area contributed by atoms with Gasteiger partial charge in [-0.25, -0.2) is 0 Å². The van der Waals surface area contributed by atoms with Gasteiger partial charge in [0.15, 0.2) is 0 Å². The zero-order valence-corrected chi connectivity index (χ0v) is 13.5. The van der Waals surface area contributed by atoms with E-state index in [4.69, 9.17) is 4.42 Å². The van der Waals surface area contributed by atoms with Gasteiger partial charge in [0.1, 0.15) is 11.5 Å². The van der Waals surface area contributed by atoms with Gasteiger partial charge in [0.25, 0.3) is 0 Å². The molecule has 4 nitrogen and oxygen atoms in total.